The first-order chi connectivity index (χ1) is 6.22. The molecule has 1 aliphatic carbocycles. The van der Waals surface area contributed by atoms with E-state index in [1.165, 1.54) is 12.8 Å². The number of carbonyl (C=O) groups excluding carboxylic acids is 1. The van der Waals surface area contributed by atoms with Crippen molar-refractivity contribution in [3.8, 4) is 12.3 Å². The van der Waals surface area contributed by atoms with Gasteiger partial charge in [0.15, 0.2) is 0 Å². The summed E-state index contributed by atoms with van der Waals surface area (Å²) in [6.07, 6.45) is 7.65. The number of hydrogen-bond donors (Lipinski definition) is 1. The predicted octanol–water partition coefficient (Wildman–Crippen LogP) is 0.0776. The molecule has 1 aliphatic rings. The van der Waals surface area contributed by atoms with Gasteiger partial charge in [-0.25, -0.2) is 0 Å². The molecule has 0 atom stereocenters. The van der Waals surface area contributed by atoms with Crippen LogP contribution in [-0.2, 0) is 4.79 Å². The highest BCUT2D eigenvalue weighted by atomic mass is 16.1. The highest BCUT2D eigenvalue weighted by molar-refractivity contribution is 5.78. The first-order valence-corrected chi connectivity index (χ1v) is 4.61. The van der Waals surface area contributed by atoms with Gasteiger partial charge in [0.2, 0.25) is 5.91 Å². The average molecular weight is 180 g/mol. The quantitative estimate of drug-likeness (QED) is 0.608. The molecule has 0 unspecified atom stereocenters. The number of nitrogens with zero attached hydrogens (tertiary/aromatic N) is 1. The summed E-state index contributed by atoms with van der Waals surface area (Å²) in [7, 11) is 1.97. The minimum atomic E-state index is 0.0149. The van der Waals surface area contributed by atoms with Crippen molar-refractivity contribution >= 4 is 5.91 Å². The molecule has 13 heavy (non-hydrogen) atoms. The fraction of sp³-hybridized carbons (Fsp3) is 0.700. The van der Waals surface area contributed by atoms with Crippen molar-refractivity contribution < 1.29 is 4.79 Å². The highest BCUT2D eigenvalue weighted by Crippen LogP contribution is 2.29. The van der Waals surface area contributed by atoms with Crippen molar-refractivity contribution in [2.75, 3.05) is 26.7 Å². The Hall–Kier alpha value is -1.01. The van der Waals surface area contributed by atoms with Crippen molar-refractivity contribution in [2.24, 2.45) is 5.92 Å². The molecule has 0 aromatic rings. The molecule has 0 saturated heterocycles. The Bertz CT molecular complexity index is 215. The maximum absolute atomic E-state index is 11.2. The van der Waals surface area contributed by atoms with Crippen LogP contribution in [-0.4, -0.2) is 37.5 Å². The molecular formula is C10H16N2O. The van der Waals surface area contributed by atoms with Gasteiger partial charge >= 0.3 is 0 Å². The van der Waals surface area contributed by atoms with E-state index in [0.29, 0.717) is 13.1 Å². The predicted molar refractivity (Wildman–Crippen MR) is 52.1 cm³/mol. The van der Waals surface area contributed by atoms with E-state index in [9.17, 15) is 4.79 Å². The highest BCUT2D eigenvalue weighted by Gasteiger charge is 2.23. The van der Waals surface area contributed by atoms with Gasteiger partial charge in [0.05, 0.1) is 13.1 Å². The van der Waals surface area contributed by atoms with Gasteiger partial charge < -0.3 is 5.32 Å². The Labute approximate surface area is 79.5 Å². The number of hydrogen-bond acceptors (Lipinski definition) is 2. The molecule has 3 heteroatoms. The second-order valence-electron chi connectivity index (χ2n) is 3.62. The van der Waals surface area contributed by atoms with Crippen LogP contribution < -0.4 is 5.32 Å². The van der Waals surface area contributed by atoms with Gasteiger partial charge in [-0.05, 0) is 25.8 Å². The number of terminal acetylenes is 1. The SMILES string of the molecule is C#CCNC(=O)CN(C)CC1CC1. The van der Waals surface area contributed by atoms with Gasteiger partial charge in [-0.1, -0.05) is 5.92 Å². The molecular weight excluding hydrogens is 164 g/mol. The maximum Gasteiger partial charge on any atom is 0.234 e. The standard InChI is InChI=1S/C10H16N2O/c1-3-6-11-10(13)8-12(2)7-9-4-5-9/h1,9H,4-8H2,2H3,(H,11,13). The van der Waals surface area contributed by atoms with Crippen LogP contribution in [0.25, 0.3) is 0 Å². The lowest BCUT2D eigenvalue weighted by atomic mass is 10.4. The molecule has 0 heterocycles. The summed E-state index contributed by atoms with van der Waals surface area (Å²) in [5, 5.41) is 2.64. The van der Waals surface area contributed by atoms with Gasteiger partial charge in [-0.3, -0.25) is 9.69 Å². The first-order valence-electron chi connectivity index (χ1n) is 4.61. The topological polar surface area (TPSA) is 32.3 Å². The molecule has 0 spiro atoms. The van der Waals surface area contributed by atoms with E-state index in [4.69, 9.17) is 6.42 Å². The number of amides is 1. The largest absolute Gasteiger partial charge is 0.344 e. The van der Waals surface area contributed by atoms with Gasteiger partial charge in [-0.2, -0.15) is 0 Å². The molecule has 0 aliphatic heterocycles. The monoisotopic (exact) mass is 180 g/mol. The molecule has 72 valence electrons. The molecule has 3 nitrogen and oxygen atoms in total. The number of carbonyl (C=O) groups is 1. The van der Waals surface area contributed by atoms with Gasteiger partial charge in [-0.15, -0.1) is 6.42 Å². The van der Waals surface area contributed by atoms with Gasteiger partial charge in [0.1, 0.15) is 0 Å². The van der Waals surface area contributed by atoms with Crippen molar-refractivity contribution in [1.82, 2.24) is 10.2 Å². The second-order valence-corrected chi connectivity index (χ2v) is 3.62. The van der Waals surface area contributed by atoms with Crippen LogP contribution >= 0.6 is 0 Å². The van der Waals surface area contributed by atoms with Crippen LogP contribution in [0.15, 0.2) is 0 Å². The van der Waals surface area contributed by atoms with E-state index in [1.54, 1.807) is 0 Å². The second kappa shape index (κ2) is 4.88. The molecule has 0 bridgehead atoms. The maximum atomic E-state index is 11.2. The summed E-state index contributed by atoms with van der Waals surface area (Å²) in [5.41, 5.74) is 0. The van der Waals surface area contributed by atoms with Gasteiger partial charge in [0, 0.05) is 6.54 Å². The molecule has 1 saturated carbocycles. The normalized spacial score (nSPS) is 15.5. The summed E-state index contributed by atoms with van der Waals surface area (Å²) in [6.45, 7) is 1.82. The summed E-state index contributed by atoms with van der Waals surface area (Å²) in [4.78, 5) is 13.2. The van der Waals surface area contributed by atoms with Crippen LogP contribution in [0.5, 0.6) is 0 Å². The lowest BCUT2D eigenvalue weighted by Crippen LogP contribution is -2.36. The first kappa shape index (κ1) is 10.1. The lowest BCUT2D eigenvalue weighted by molar-refractivity contribution is -0.121. The Kier molecular flexibility index (Phi) is 3.78. The Morgan fingerprint density at radius 1 is 1.69 bits per heavy atom. The lowest BCUT2D eigenvalue weighted by Gasteiger charge is -2.14. The number of rotatable bonds is 5. The van der Waals surface area contributed by atoms with E-state index >= 15 is 0 Å². The molecule has 0 aromatic carbocycles. The van der Waals surface area contributed by atoms with E-state index < -0.39 is 0 Å². The zero-order valence-corrected chi connectivity index (χ0v) is 8.05. The van der Waals surface area contributed by atoms with Crippen LogP contribution in [0, 0.1) is 18.3 Å². The third kappa shape index (κ3) is 4.54. The molecule has 0 radical (unpaired) electrons. The van der Waals surface area contributed by atoms with Crippen molar-refractivity contribution in [2.45, 2.75) is 12.8 Å². The Morgan fingerprint density at radius 2 is 2.38 bits per heavy atom. The molecule has 1 rings (SSSR count). The minimum Gasteiger partial charge on any atom is -0.344 e. The van der Waals surface area contributed by atoms with E-state index in [0.717, 1.165) is 12.5 Å². The van der Waals surface area contributed by atoms with Crippen molar-refractivity contribution in [3.63, 3.8) is 0 Å². The summed E-state index contributed by atoms with van der Waals surface area (Å²) in [5.74, 6) is 3.21. The fourth-order valence-corrected chi connectivity index (χ4v) is 1.26. The Balaban J connectivity index is 2.07. The van der Waals surface area contributed by atoms with E-state index in [2.05, 4.69) is 11.2 Å². The van der Waals surface area contributed by atoms with Crippen molar-refractivity contribution in [1.29, 1.82) is 0 Å². The number of likely N-dealkylation sites (N-methyl/N-ethyl adjacent to an activating group) is 1. The van der Waals surface area contributed by atoms with E-state index in [1.807, 2.05) is 11.9 Å². The zero-order chi connectivity index (χ0) is 9.68. The minimum absolute atomic E-state index is 0.0149. The van der Waals surface area contributed by atoms with Crippen LogP contribution in [0.4, 0.5) is 0 Å². The van der Waals surface area contributed by atoms with Crippen LogP contribution in [0.3, 0.4) is 0 Å². The smallest absolute Gasteiger partial charge is 0.234 e. The fourth-order valence-electron chi connectivity index (χ4n) is 1.26. The third-order valence-corrected chi connectivity index (χ3v) is 2.07. The average Bonchev–Trinajstić information content (AvgIpc) is 2.84. The van der Waals surface area contributed by atoms with Crippen molar-refractivity contribution in [3.05, 3.63) is 0 Å². The molecule has 1 fully saturated rings. The molecule has 1 N–H and O–H groups in total. The Morgan fingerprint density at radius 3 is 2.92 bits per heavy atom. The summed E-state index contributed by atoms with van der Waals surface area (Å²) < 4.78 is 0. The molecule has 1 amide bonds. The zero-order valence-electron chi connectivity index (χ0n) is 8.05. The van der Waals surface area contributed by atoms with Crippen LogP contribution in [0.1, 0.15) is 12.8 Å². The third-order valence-electron chi connectivity index (χ3n) is 2.07. The van der Waals surface area contributed by atoms with E-state index in [-0.39, 0.29) is 5.91 Å². The van der Waals surface area contributed by atoms with Crippen LogP contribution in [0.2, 0.25) is 0 Å². The summed E-state index contributed by atoms with van der Waals surface area (Å²) >= 11 is 0. The number of nitrogens with one attached hydrogen (secondary N) is 1. The summed E-state index contributed by atoms with van der Waals surface area (Å²) in [6, 6.07) is 0. The molecule has 0 aromatic heterocycles. The van der Waals surface area contributed by atoms with Gasteiger partial charge in [0.25, 0.3) is 0 Å².